The summed E-state index contributed by atoms with van der Waals surface area (Å²) in [6.45, 7) is 5.22. The molecule has 2 atom stereocenters. The summed E-state index contributed by atoms with van der Waals surface area (Å²) >= 11 is 0. The molecule has 0 radical (unpaired) electrons. The van der Waals surface area contributed by atoms with Crippen LogP contribution in [0.15, 0.2) is 0 Å². The zero-order valence-corrected chi connectivity index (χ0v) is 8.42. The second-order valence-corrected chi connectivity index (χ2v) is 4.29. The third-order valence-corrected chi connectivity index (χ3v) is 2.73. The van der Waals surface area contributed by atoms with Gasteiger partial charge in [-0.15, -0.1) is 0 Å². The van der Waals surface area contributed by atoms with Gasteiger partial charge in [0, 0.05) is 0 Å². The number of nitrogens with one attached hydrogen (secondary N) is 1. The van der Waals surface area contributed by atoms with Gasteiger partial charge in [0.05, 0.1) is 0 Å². The van der Waals surface area contributed by atoms with Crippen molar-refractivity contribution in [3.63, 3.8) is 0 Å². The summed E-state index contributed by atoms with van der Waals surface area (Å²) < 4.78 is 0. The molecule has 1 aliphatic rings. The van der Waals surface area contributed by atoms with Gasteiger partial charge in [0.2, 0.25) is 0 Å². The number of rotatable bonds is 4. The summed E-state index contributed by atoms with van der Waals surface area (Å²) in [5.74, 6) is 0.334. The smallest absolute Gasteiger partial charge is 0.320 e. The van der Waals surface area contributed by atoms with Crippen LogP contribution in [0.3, 0.4) is 0 Å². The van der Waals surface area contributed by atoms with E-state index in [1.807, 2.05) is 0 Å². The van der Waals surface area contributed by atoms with Crippen LogP contribution in [0.1, 0.15) is 33.1 Å². The Hall–Kier alpha value is -0.570. The standard InChI is InChI=1S/C10H19NO2/c1-7(2)3-4-8-5-6-11-9(8)10(12)13/h7-9,11H,3-6H2,1-2H3,(H,12,13)/t8-,9-/m1/s1. The average Bonchev–Trinajstić information content (AvgIpc) is 2.47. The lowest BCUT2D eigenvalue weighted by Crippen LogP contribution is -2.35. The minimum atomic E-state index is -0.689. The third-order valence-electron chi connectivity index (χ3n) is 2.73. The van der Waals surface area contributed by atoms with E-state index >= 15 is 0 Å². The highest BCUT2D eigenvalue weighted by Crippen LogP contribution is 2.23. The SMILES string of the molecule is CC(C)CC[C@@H]1CCN[C@H]1C(=O)O. The van der Waals surface area contributed by atoms with E-state index in [4.69, 9.17) is 5.11 Å². The third kappa shape index (κ3) is 2.99. The van der Waals surface area contributed by atoms with Gasteiger partial charge < -0.3 is 10.4 Å². The van der Waals surface area contributed by atoms with Crippen LogP contribution >= 0.6 is 0 Å². The van der Waals surface area contributed by atoms with Gasteiger partial charge in [-0.2, -0.15) is 0 Å². The normalized spacial score (nSPS) is 28.2. The molecule has 1 rings (SSSR count). The number of hydrogen-bond acceptors (Lipinski definition) is 2. The van der Waals surface area contributed by atoms with Crippen molar-refractivity contribution in [2.24, 2.45) is 11.8 Å². The van der Waals surface area contributed by atoms with Crippen LogP contribution in [0, 0.1) is 11.8 Å². The number of carboxylic acids is 1. The van der Waals surface area contributed by atoms with E-state index in [1.165, 1.54) is 0 Å². The average molecular weight is 185 g/mol. The van der Waals surface area contributed by atoms with Crippen molar-refractivity contribution in [2.45, 2.75) is 39.2 Å². The topological polar surface area (TPSA) is 49.3 Å². The molecule has 0 aliphatic carbocycles. The molecule has 0 saturated carbocycles. The molecule has 1 heterocycles. The minimum absolute atomic E-state index is 0.293. The molecular formula is C10H19NO2. The Morgan fingerprint density at radius 2 is 2.31 bits per heavy atom. The fourth-order valence-electron chi connectivity index (χ4n) is 1.90. The lowest BCUT2D eigenvalue weighted by atomic mass is 9.92. The van der Waals surface area contributed by atoms with Crippen LogP contribution in [-0.2, 0) is 4.79 Å². The van der Waals surface area contributed by atoms with Gasteiger partial charge >= 0.3 is 5.97 Å². The molecule has 3 nitrogen and oxygen atoms in total. The van der Waals surface area contributed by atoms with Crippen LogP contribution in [0.4, 0.5) is 0 Å². The molecule has 0 bridgehead atoms. The molecule has 3 heteroatoms. The summed E-state index contributed by atoms with van der Waals surface area (Å²) in [6, 6.07) is -0.293. The summed E-state index contributed by atoms with van der Waals surface area (Å²) in [7, 11) is 0. The molecule has 0 aromatic rings. The van der Waals surface area contributed by atoms with E-state index in [-0.39, 0.29) is 6.04 Å². The van der Waals surface area contributed by atoms with Crippen LogP contribution < -0.4 is 5.32 Å². The summed E-state index contributed by atoms with van der Waals surface area (Å²) in [5.41, 5.74) is 0. The van der Waals surface area contributed by atoms with Gasteiger partial charge in [-0.3, -0.25) is 4.79 Å². The first-order valence-electron chi connectivity index (χ1n) is 5.07. The van der Waals surface area contributed by atoms with Crippen LogP contribution in [0.25, 0.3) is 0 Å². The Kier molecular flexibility index (Phi) is 3.72. The number of aliphatic carboxylic acids is 1. The fourth-order valence-corrected chi connectivity index (χ4v) is 1.90. The van der Waals surface area contributed by atoms with Crippen LogP contribution in [0.5, 0.6) is 0 Å². The summed E-state index contributed by atoms with van der Waals surface area (Å²) in [6.07, 6.45) is 3.20. The van der Waals surface area contributed by atoms with Crippen molar-refractivity contribution in [1.29, 1.82) is 0 Å². The number of carboxylic acid groups (broad SMARTS) is 1. The lowest BCUT2D eigenvalue weighted by molar-refractivity contribution is -0.140. The Morgan fingerprint density at radius 1 is 1.62 bits per heavy atom. The second kappa shape index (κ2) is 4.61. The predicted molar refractivity (Wildman–Crippen MR) is 51.6 cm³/mol. The molecular weight excluding hydrogens is 166 g/mol. The van der Waals surface area contributed by atoms with E-state index in [0.29, 0.717) is 11.8 Å². The molecule has 0 aromatic heterocycles. The van der Waals surface area contributed by atoms with Gasteiger partial charge in [0.25, 0.3) is 0 Å². The maximum absolute atomic E-state index is 10.8. The Morgan fingerprint density at radius 3 is 2.85 bits per heavy atom. The molecule has 1 aliphatic heterocycles. The van der Waals surface area contributed by atoms with E-state index < -0.39 is 5.97 Å². The predicted octanol–water partition coefficient (Wildman–Crippen LogP) is 1.49. The number of carbonyl (C=O) groups is 1. The molecule has 0 amide bonds. The van der Waals surface area contributed by atoms with E-state index in [1.54, 1.807) is 0 Å². The first-order valence-corrected chi connectivity index (χ1v) is 5.07. The van der Waals surface area contributed by atoms with Crippen LogP contribution in [-0.4, -0.2) is 23.7 Å². The second-order valence-electron chi connectivity index (χ2n) is 4.29. The maximum Gasteiger partial charge on any atom is 0.320 e. The van der Waals surface area contributed by atoms with Crippen molar-refractivity contribution in [3.8, 4) is 0 Å². The Balaban J connectivity index is 2.35. The highest BCUT2D eigenvalue weighted by atomic mass is 16.4. The monoisotopic (exact) mass is 185 g/mol. The van der Waals surface area contributed by atoms with E-state index in [9.17, 15) is 4.79 Å². The van der Waals surface area contributed by atoms with Crippen molar-refractivity contribution >= 4 is 5.97 Å². The fraction of sp³-hybridized carbons (Fsp3) is 0.900. The molecule has 0 unspecified atom stereocenters. The molecule has 0 aromatic carbocycles. The zero-order chi connectivity index (χ0) is 9.84. The first kappa shape index (κ1) is 10.5. The van der Waals surface area contributed by atoms with E-state index in [0.717, 1.165) is 25.8 Å². The van der Waals surface area contributed by atoms with Gasteiger partial charge in [0.15, 0.2) is 0 Å². The van der Waals surface area contributed by atoms with Crippen molar-refractivity contribution in [2.75, 3.05) is 6.54 Å². The van der Waals surface area contributed by atoms with Gasteiger partial charge in [-0.25, -0.2) is 0 Å². The molecule has 76 valence electrons. The maximum atomic E-state index is 10.8. The van der Waals surface area contributed by atoms with Crippen molar-refractivity contribution in [3.05, 3.63) is 0 Å². The molecule has 1 saturated heterocycles. The summed E-state index contributed by atoms with van der Waals surface area (Å²) in [5, 5.41) is 11.9. The van der Waals surface area contributed by atoms with Crippen LogP contribution in [0.2, 0.25) is 0 Å². The lowest BCUT2D eigenvalue weighted by Gasteiger charge is -2.16. The zero-order valence-electron chi connectivity index (χ0n) is 8.42. The summed E-state index contributed by atoms with van der Waals surface area (Å²) in [4.78, 5) is 10.8. The number of hydrogen-bond donors (Lipinski definition) is 2. The first-order chi connectivity index (χ1) is 6.11. The van der Waals surface area contributed by atoms with Gasteiger partial charge in [-0.1, -0.05) is 20.3 Å². The van der Waals surface area contributed by atoms with Gasteiger partial charge in [0.1, 0.15) is 6.04 Å². The molecule has 2 N–H and O–H groups in total. The molecule has 1 fully saturated rings. The van der Waals surface area contributed by atoms with Crippen molar-refractivity contribution < 1.29 is 9.90 Å². The van der Waals surface area contributed by atoms with Crippen molar-refractivity contribution in [1.82, 2.24) is 5.32 Å². The van der Waals surface area contributed by atoms with E-state index in [2.05, 4.69) is 19.2 Å². The molecule has 13 heavy (non-hydrogen) atoms. The quantitative estimate of drug-likeness (QED) is 0.697. The minimum Gasteiger partial charge on any atom is -0.480 e. The highest BCUT2D eigenvalue weighted by molar-refractivity contribution is 5.74. The van der Waals surface area contributed by atoms with Gasteiger partial charge in [-0.05, 0) is 31.2 Å². The molecule has 0 spiro atoms. The Bertz CT molecular complexity index is 180. The highest BCUT2D eigenvalue weighted by Gasteiger charge is 2.31. The largest absolute Gasteiger partial charge is 0.480 e. The Labute approximate surface area is 79.5 Å².